The number of nitrogens with zero attached hydrogens (tertiary/aromatic N) is 4. The van der Waals surface area contributed by atoms with Crippen molar-refractivity contribution in [2.24, 2.45) is 0 Å². The molecule has 2 heterocycles. The highest BCUT2D eigenvalue weighted by Gasteiger charge is 2.15. The molecule has 0 saturated carbocycles. The maximum absolute atomic E-state index is 4.98. The summed E-state index contributed by atoms with van der Waals surface area (Å²) in [6.07, 6.45) is 7.80. The zero-order valence-electron chi connectivity index (χ0n) is 25.6. The molecule has 0 unspecified atom stereocenters. The predicted molar refractivity (Wildman–Crippen MR) is 187 cm³/mol. The van der Waals surface area contributed by atoms with Crippen molar-refractivity contribution >= 4 is 33.7 Å². The molecule has 0 fully saturated rings. The fourth-order valence-corrected chi connectivity index (χ4v) is 6.82. The molecule has 7 aromatic rings. The number of rotatable bonds is 6. The van der Waals surface area contributed by atoms with Crippen LogP contribution in [0.1, 0.15) is 25.8 Å². The Morgan fingerprint density at radius 1 is 0.556 bits per heavy atom. The summed E-state index contributed by atoms with van der Waals surface area (Å²) in [6.45, 7) is 6.11. The highest BCUT2D eigenvalue weighted by atomic mass is 15.1. The van der Waals surface area contributed by atoms with Crippen LogP contribution in [0, 0.1) is 0 Å². The Balaban J connectivity index is 1.23. The molecular formula is C41H34N4. The third kappa shape index (κ3) is 4.61. The number of hydrogen-bond acceptors (Lipinski definition) is 2. The number of allylic oxidation sites excluding steroid dienone is 2. The number of imidazole rings is 2. The predicted octanol–water partition coefficient (Wildman–Crippen LogP) is 8.37. The summed E-state index contributed by atoms with van der Waals surface area (Å²) in [5.41, 5.74) is 11.5. The molecule has 0 spiro atoms. The summed E-state index contributed by atoms with van der Waals surface area (Å²) in [5.74, 6) is 2.02. The monoisotopic (exact) mass is 582 g/mol. The largest absolute Gasteiger partial charge is 0.324 e. The van der Waals surface area contributed by atoms with E-state index in [9.17, 15) is 0 Å². The van der Waals surface area contributed by atoms with Crippen LogP contribution in [0.4, 0.5) is 0 Å². The van der Waals surface area contributed by atoms with E-state index in [1.54, 1.807) is 0 Å². The summed E-state index contributed by atoms with van der Waals surface area (Å²) in [6, 6.07) is 41.3. The first-order valence-corrected chi connectivity index (χ1v) is 15.9. The van der Waals surface area contributed by atoms with E-state index in [4.69, 9.17) is 9.97 Å². The molecule has 0 radical (unpaired) electrons. The lowest BCUT2D eigenvalue weighted by Crippen LogP contribution is -2.28. The Labute approximate surface area is 263 Å². The molecule has 2 aromatic heterocycles. The maximum Gasteiger partial charge on any atom is 0.141 e. The molecule has 1 aliphatic rings. The molecule has 1 aliphatic carbocycles. The summed E-state index contributed by atoms with van der Waals surface area (Å²) in [7, 11) is 0. The first-order valence-electron chi connectivity index (χ1n) is 15.9. The molecule has 45 heavy (non-hydrogen) atoms. The van der Waals surface area contributed by atoms with E-state index in [1.165, 1.54) is 43.7 Å². The number of fused-ring (bicyclic) bond motifs is 3. The Bertz CT molecular complexity index is 2350. The lowest BCUT2D eigenvalue weighted by molar-refractivity contribution is 0.796. The third-order valence-electron chi connectivity index (χ3n) is 8.97. The van der Waals surface area contributed by atoms with Crippen molar-refractivity contribution in [2.75, 3.05) is 0 Å². The van der Waals surface area contributed by atoms with Crippen molar-refractivity contribution in [3.63, 3.8) is 0 Å². The van der Waals surface area contributed by atoms with Gasteiger partial charge in [-0.3, -0.25) is 0 Å². The average Bonchev–Trinajstić information content (AvgIpc) is 3.59. The molecule has 8 rings (SSSR count). The maximum atomic E-state index is 4.98. The number of aromatic nitrogens is 4. The highest BCUT2D eigenvalue weighted by molar-refractivity contribution is 5.84. The van der Waals surface area contributed by atoms with Crippen molar-refractivity contribution in [1.82, 2.24) is 19.1 Å². The lowest BCUT2D eigenvalue weighted by Gasteiger charge is -2.11. The molecule has 0 saturated heterocycles. The molecule has 0 atom stereocenters. The van der Waals surface area contributed by atoms with Crippen molar-refractivity contribution in [3.05, 3.63) is 143 Å². The normalized spacial score (nSPS) is 12.8. The molecule has 5 aromatic carbocycles. The van der Waals surface area contributed by atoms with Gasteiger partial charge in [-0.1, -0.05) is 109 Å². The van der Waals surface area contributed by atoms with Gasteiger partial charge in [-0.15, -0.1) is 0 Å². The minimum atomic E-state index is 0.875. The van der Waals surface area contributed by atoms with Crippen LogP contribution in [0.5, 0.6) is 0 Å². The topological polar surface area (TPSA) is 35.6 Å². The molecule has 0 aliphatic heterocycles. The second-order valence-electron chi connectivity index (χ2n) is 11.5. The highest BCUT2D eigenvalue weighted by Crippen LogP contribution is 2.29. The zero-order valence-corrected chi connectivity index (χ0v) is 25.6. The van der Waals surface area contributed by atoms with E-state index in [0.717, 1.165) is 53.3 Å². The first-order chi connectivity index (χ1) is 22.2. The number of hydrogen-bond donors (Lipinski definition) is 0. The van der Waals surface area contributed by atoms with Crippen LogP contribution in [0.2, 0.25) is 0 Å². The van der Waals surface area contributed by atoms with Crippen LogP contribution >= 0.6 is 0 Å². The summed E-state index contributed by atoms with van der Waals surface area (Å²) < 4.78 is 4.59. The fraction of sp³-hybridized carbons (Fsp3) is 0.122. The van der Waals surface area contributed by atoms with Crippen LogP contribution in [-0.4, -0.2) is 19.1 Å². The zero-order chi connectivity index (χ0) is 30.3. The van der Waals surface area contributed by atoms with Gasteiger partial charge < -0.3 is 9.13 Å². The molecule has 0 N–H and O–H groups in total. The van der Waals surface area contributed by atoms with Crippen molar-refractivity contribution in [2.45, 2.75) is 33.4 Å². The van der Waals surface area contributed by atoms with Crippen LogP contribution in [0.3, 0.4) is 0 Å². The Morgan fingerprint density at radius 3 is 1.67 bits per heavy atom. The van der Waals surface area contributed by atoms with E-state index in [0.29, 0.717) is 0 Å². The Morgan fingerprint density at radius 2 is 1.09 bits per heavy atom. The smallest absolute Gasteiger partial charge is 0.141 e. The molecular weight excluding hydrogens is 548 g/mol. The second kappa shape index (κ2) is 11.2. The average molecular weight is 583 g/mol. The quantitative estimate of drug-likeness (QED) is 0.198. The van der Waals surface area contributed by atoms with Gasteiger partial charge in [0.05, 0.1) is 22.1 Å². The van der Waals surface area contributed by atoms with Crippen LogP contribution in [0.25, 0.3) is 67.6 Å². The van der Waals surface area contributed by atoms with Crippen LogP contribution in [-0.2, 0) is 13.1 Å². The third-order valence-corrected chi connectivity index (χ3v) is 8.97. The molecule has 0 bridgehead atoms. The first kappa shape index (κ1) is 27.1. The van der Waals surface area contributed by atoms with E-state index in [-0.39, 0.29) is 0 Å². The Hall–Kier alpha value is -5.48. The van der Waals surface area contributed by atoms with E-state index < -0.39 is 0 Å². The van der Waals surface area contributed by atoms with E-state index >= 15 is 0 Å². The molecule has 4 heteroatoms. The van der Waals surface area contributed by atoms with Gasteiger partial charge in [-0.05, 0) is 77.2 Å². The molecule has 218 valence electrons. The fourth-order valence-electron chi connectivity index (χ4n) is 6.82. The number of benzene rings is 5. The van der Waals surface area contributed by atoms with E-state index in [1.807, 2.05) is 0 Å². The minimum Gasteiger partial charge on any atom is -0.324 e. The van der Waals surface area contributed by atoms with Crippen LogP contribution in [0.15, 0.2) is 127 Å². The van der Waals surface area contributed by atoms with Crippen molar-refractivity contribution in [1.29, 1.82) is 0 Å². The van der Waals surface area contributed by atoms with Gasteiger partial charge in [0, 0.05) is 24.2 Å². The van der Waals surface area contributed by atoms with Gasteiger partial charge in [0.15, 0.2) is 0 Å². The number of aryl methyl sites for hydroxylation is 2. The standard InChI is InChI=1S/C41H34N4/c1-3-44-37-18-9-7-16-35(37)42-40(44)31-24-20-28(21-25-31)33-14-6-5-12-30-13-11-15-34(39(30)33)29-22-26-32(27-23-29)41-43-36-17-8-10-19-38(36)45(41)4-2/h6-27H,3-5H2,1-2H3. The molecule has 0 amide bonds. The number of para-hydroxylation sites is 4. The Kier molecular flexibility index (Phi) is 6.76. The van der Waals surface area contributed by atoms with Gasteiger partial charge in [0.2, 0.25) is 0 Å². The van der Waals surface area contributed by atoms with Gasteiger partial charge in [0.25, 0.3) is 0 Å². The van der Waals surface area contributed by atoms with Gasteiger partial charge in [-0.2, -0.15) is 0 Å². The summed E-state index contributed by atoms with van der Waals surface area (Å²) >= 11 is 0. The minimum absolute atomic E-state index is 0.875. The lowest BCUT2D eigenvalue weighted by atomic mass is 9.94. The van der Waals surface area contributed by atoms with Crippen molar-refractivity contribution in [3.8, 4) is 33.9 Å². The van der Waals surface area contributed by atoms with Crippen LogP contribution < -0.4 is 10.4 Å². The van der Waals surface area contributed by atoms with Gasteiger partial charge >= 0.3 is 0 Å². The summed E-state index contributed by atoms with van der Waals surface area (Å²) in [5, 5.41) is 2.54. The SMILES string of the molecule is CCn1c(-c2ccc(C3=c4c(-c5ccc(-c6nc7ccccc7n6CC)cc5)cccc4=CCC=C3)cc2)nc2ccccc21. The molecule has 4 nitrogen and oxygen atoms in total. The van der Waals surface area contributed by atoms with Gasteiger partial charge in [0.1, 0.15) is 11.6 Å². The van der Waals surface area contributed by atoms with Crippen molar-refractivity contribution < 1.29 is 0 Å². The summed E-state index contributed by atoms with van der Waals surface area (Å²) in [4.78, 5) is 9.97. The second-order valence-corrected chi connectivity index (χ2v) is 11.5. The van der Waals surface area contributed by atoms with E-state index in [2.05, 4.69) is 156 Å². The van der Waals surface area contributed by atoms with Gasteiger partial charge in [-0.25, -0.2) is 9.97 Å².